The van der Waals surface area contributed by atoms with Gasteiger partial charge in [-0.05, 0) is 48.2 Å². The Kier molecular flexibility index (Phi) is 5.79. The molecule has 0 spiro atoms. The average Bonchev–Trinajstić information content (AvgIpc) is 2.50. The standard InChI is InChI=1S/C19H21Cl2NO2/c1-12(18(23)22-17-11-14(20)7-10-16(17)21)24-15-8-5-13(6-9-15)19(2,3)4/h5-12H,1-4H3,(H,22,23)/t12-/m1/s1. The molecule has 1 N–H and O–H groups in total. The average molecular weight is 366 g/mol. The number of nitrogens with one attached hydrogen (secondary N) is 1. The summed E-state index contributed by atoms with van der Waals surface area (Å²) < 4.78 is 5.70. The zero-order valence-electron chi connectivity index (χ0n) is 14.2. The third kappa shape index (κ3) is 4.89. The Bertz CT molecular complexity index is 721. The molecule has 0 aliphatic carbocycles. The molecule has 0 bridgehead atoms. The van der Waals surface area contributed by atoms with Crippen molar-refractivity contribution in [3.05, 3.63) is 58.1 Å². The van der Waals surface area contributed by atoms with Gasteiger partial charge < -0.3 is 10.1 Å². The Balaban J connectivity index is 2.02. The molecule has 0 fully saturated rings. The Morgan fingerprint density at radius 1 is 1.08 bits per heavy atom. The van der Waals surface area contributed by atoms with Crippen LogP contribution in [-0.2, 0) is 10.2 Å². The van der Waals surface area contributed by atoms with Crippen molar-refractivity contribution in [1.29, 1.82) is 0 Å². The molecule has 24 heavy (non-hydrogen) atoms. The van der Waals surface area contributed by atoms with Gasteiger partial charge in [0.05, 0.1) is 10.7 Å². The molecule has 0 aromatic heterocycles. The molecule has 0 saturated carbocycles. The van der Waals surface area contributed by atoms with Crippen LogP contribution in [0, 0.1) is 0 Å². The monoisotopic (exact) mass is 365 g/mol. The maximum atomic E-state index is 12.3. The van der Waals surface area contributed by atoms with Gasteiger partial charge in [0.25, 0.3) is 5.91 Å². The van der Waals surface area contributed by atoms with Crippen molar-refractivity contribution in [3.63, 3.8) is 0 Å². The van der Waals surface area contributed by atoms with Crippen LogP contribution in [0.2, 0.25) is 10.0 Å². The number of halogens is 2. The maximum Gasteiger partial charge on any atom is 0.265 e. The molecule has 0 heterocycles. The first-order chi connectivity index (χ1) is 11.2. The lowest BCUT2D eigenvalue weighted by molar-refractivity contribution is -0.122. The molecule has 3 nitrogen and oxygen atoms in total. The van der Waals surface area contributed by atoms with E-state index in [4.69, 9.17) is 27.9 Å². The molecule has 0 unspecified atom stereocenters. The Labute approximate surface area is 152 Å². The first-order valence-electron chi connectivity index (χ1n) is 7.70. The van der Waals surface area contributed by atoms with Crippen LogP contribution in [0.5, 0.6) is 5.75 Å². The lowest BCUT2D eigenvalue weighted by atomic mass is 9.87. The van der Waals surface area contributed by atoms with Crippen molar-refractivity contribution in [1.82, 2.24) is 0 Å². The van der Waals surface area contributed by atoms with Crippen LogP contribution >= 0.6 is 23.2 Å². The number of carbonyl (C=O) groups is 1. The molecule has 1 amide bonds. The van der Waals surface area contributed by atoms with Crippen LogP contribution in [-0.4, -0.2) is 12.0 Å². The van der Waals surface area contributed by atoms with Crippen LogP contribution in [0.3, 0.4) is 0 Å². The molecular formula is C19H21Cl2NO2. The number of ether oxygens (including phenoxy) is 1. The molecule has 0 radical (unpaired) electrons. The molecule has 0 aliphatic rings. The van der Waals surface area contributed by atoms with Gasteiger partial charge in [-0.25, -0.2) is 0 Å². The first-order valence-corrected chi connectivity index (χ1v) is 8.45. The summed E-state index contributed by atoms with van der Waals surface area (Å²) in [4.78, 5) is 12.3. The number of anilines is 1. The van der Waals surface area contributed by atoms with E-state index in [0.29, 0.717) is 21.5 Å². The van der Waals surface area contributed by atoms with Gasteiger partial charge >= 0.3 is 0 Å². The van der Waals surface area contributed by atoms with E-state index < -0.39 is 6.10 Å². The summed E-state index contributed by atoms with van der Waals surface area (Å²) in [5.41, 5.74) is 1.75. The normalized spacial score (nSPS) is 12.6. The highest BCUT2D eigenvalue weighted by molar-refractivity contribution is 6.35. The van der Waals surface area contributed by atoms with Gasteiger partial charge in [-0.3, -0.25) is 4.79 Å². The molecule has 2 aromatic carbocycles. The second kappa shape index (κ2) is 7.45. The SMILES string of the molecule is C[C@@H](Oc1ccc(C(C)(C)C)cc1)C(=O)Nc1cc(Cl)ccc1Cl. The van der Waals surface area contributed by atoms with E-state index in [9.17, 15) is 4.79 Å². The number of benzene rings is 2. The Morgan fingerprint density at radius 3 is 2.29 bits per heavy atom. The summed E-state index contributed by atoms with van der Waals surface area (Å²) in [6, 6.07) is 12.7. The topological polar surface area (TPSA) is 38.3 Å². The number of carbonyl (C=O) groups excluding carboxylic acids is 1. The lowest BCUT2D eigenvalue weighted by Gasteiger charge is -2.20. The van der Waals surface area contributed by atoms with Gasteiger partial charge in [-0.2, -0.15) is 0 Å². The minimum Gasteiger partial charge on any atom is -0.481 e. The van der Waals surface area contributed by atoms with Gasteiger partial charge in [0.15, 0.2) is 6.10 Å². The fourth-order valence-corrected chi connectivity index (χ4v) is 2.46. The van der Waals surface area contributed by atoms with Crippen molar-refractivity contribution >= 4 is 34.8 Å². The van der Waals surface area contributed by atoms with Gasteiger partial charge in [0, 0.05) is 5.02 Å². The number of hydrogen-bond acceptors (Lipinski definition) is 2. The van der Waals surface area contributed by atoms with Crippen LogP contribution in [0.25, 0.3) is 0 Å². The van der Waals surface area contributed by atoms with Crippen molar-refractivity contribution in [2.45, 2.75) is 39.2 Å². The van der Waals surface area contributed by atoms with Crippen molar-refractivity contribution in [2.75, 3.05) is 5.32 Å². The van der Waals surface area contributed by atoms with Gasteiger partial charge in [0.1, 0.15) is 5.75 Å². The van der Waals surface area contributed by atoms with E-state index in [2.05, 4.69) is 26.1 Å². The third-order valence-corrected chi connectivity index (χ3v) is 4.15. The van der Waals surface area contributed by atoms with E-state index in [1.54, 1.807) is 25.1 Å². The van der Waals surface area contributed by atoms with Crippen molar-refractivity contribution < 1.29 is 9.53 Å². The summed E-state index contributed by atoms with van der Waals surface area (Å²) in [7, 11) is 0. The largest absolute Gasteiger partial charge is 0.481 e. The Hall–Kier alpha value is -1.71. The van der Waals surface area contributed by atoms with Crippen molar-refractivity contribution in [3.8, 4) is 5.75 Å². The van der Waals surface area contributed by atoms with Crippen LogP contribution < -0.4 is 10.1 Å². The van der Waals surface area contributed by atoms with E-state index in [1.165, 1.54) is 5.56 Å². The first kappa shape index (κ1) is 18.6. The molecule has 1 atom stereocenters. The van der Waals surface area contributed by atoms with Gasteiger partial charge in [-0.15, -0.1) is 0 Å². The summed E-state index contributed by atoms with van der Waals surface area (Å²) in [5, 5.41) is 3.65. The predicted molar refractivity (Wildman–Crippen MR) is 100 cm³/mol. The number of hydrogen-bond donors (Lipinski definition) is 1. The summed E-state index contributed by atoms with van der Waals surface area (Å²) >= 11 is 12.0. The highest BCUT2D eigenvalue weighted by atomic mass is 35.5. The smallest absolute Gasteiger partial charge is 0.265 e. The van der Waals surface area contributed by atoms with Crippen LogP contribution in [0.15, 0.2) is 42.5 Å². The summed E-state index contributed by atoms with van der Waals surface area (Å²) in [6.45, 7) is 8.13. The molecule has 0 aliphatic heterocycles. The van der Waals surface area contributed by atoms with Gasteiger partial charge in [-0.1, -0.05) is 56.1 Å². The predicted octanol–water partition coefficient (Wildman–Crippen LogP) is 5.70. The number of amides is 1. The van der Waals surface area contributed by atoms with Crippen molar-refractivity contribution in [2.24, 2.45) is 0 Å². The Morgan fingerprint density at radius 2 is 1.71 bits per heavy atom. The molecule has 2 rings (SSSR count). The zero-order chi connectivity index (χ0) is 17.9. The van der Waals surface area contributed by atoms with E-state index >= 15 is 0 Å². The lowest BCUT2D eigenvalue weighted by Crippen LogP contribution is -2.30. The molecule has 0 saturated heterocycles. The molecule has 128 valence electrons. The van der Waals surface area contributed by atoms with E-state index in [1.807, 2.05) is 24.3 Å². The zero-order valence-corrected chi connectivity index (χ0v) is 15.7. The second-order valence-electron chi connectivity index (χ2n) is 6.65. The maximum absolute atomic E-state index is 12.3. The minimum atomic E-state index is -0.666. The quantitative estimate of drug-likeness (QED) is 0.754. The summed E-state index contributed by atoms with van der Waals surface area (Å²) in [6.07, 6.45) is -0.666. The van der Waals surface area contributed by atoms with E-state index in [0.717, 1.165) is 0 Å². The molecule has 2 aromatic rings. The highest BCUT2D eigenvalue weighted by Crippen LogP contribution is 2.27. The summed E-state index contributed by atoms with van der Waals surface area (Å²) in [5.74, 6) is 0.349. The van der Waals surface area contributed by atoms with Crippen LogP contribution in [0.4, 0.5) is 5.69 Å². The third-order valence-electron chi connectivity index (χ3n) is 3.59. The minimum absolute atomic E-state index is 0.0743. The molecular weight excluding hydrogens is 345 g/mol. The second-order valence-corrected chi connectivity index (χ2v) is 7.49. The van der Waals surface area contributed by atoms with Crippen LogP contribution in [0.1, 0.15) is 33.3 Å². The number of rotatable bonds is 4. The molecule has 5 heteroatoms. The fraction of sp³-hybridized carbons (Fsp3) is 0.316. The fourth-order valence-electron chi connectivity index (χ4n) is 2.12. The highest BCUT2D eigenvalue weighted by Gasteiger charge is 2.17. The van der Waals surface area contributed by atoms with Gasteiger partial charge in [0.2, 0.25) is 0 Å². The van der Waals surface area contributed by atoms with E-state index in [-0.39, 0.29) is 11.3 Å².